The van der Waals surface area contributed by atoms with Crippen molar-refractivity contribution in [2.45, 2.75) is 31.8 Å². The van der Waals surface area contributed by atoms with Crippen molar-refractivity contribution in [1.82, 2.24) is 9.55 Å². The Bertz CT molecular complexity index is 1540. The summed E-state index contributed by atoms with van der Waals surface area (Å²) in [5.41, 5.74) is 9.41. The smallest absolute Gasteiger partial charge is 0.265 e. The number of rotatable bonds is 6. The molecule has 6 rings (SSSR count). The molecule has 1 atom stereocenters. The van der Waals surface area contributed by atoms with Gasteiger partial charge < -0.3 is 29.1 Å². The van der Waals surface area contributed by atoms with Crippen LogP contribution in [0.2, 0.25) is 0 Å². The zero-order chi connectivity index (χ0) is 25.0. The van der Waals surface area contributed by atoms with E-state index in [4.69, 9.17) is 24.6 Å². The summed E-state index contributed by atoms with van der Waals surface area (Å²) in [4.78, 5) is 32.5. The second-order valence-corrected chi connectivity index (χ2v) is 9.68. The highest BCUT2D eigenvalue weighted by atomic mass is 16.6. The first-order chi connectivity index (χ1) is 17.4. The molecule has 2 saturated heterocycles. The molecule has 2 fully saturated rings. The van der Waals surface area contributed by atoms with Crippen LogP contribution in [0.15, 0.2) is 45.6 Å². The molecule has 0 radical (unpaired) electrons. The Hall–Kier alpha value is -3.85. The number of pyridine rings is 1. The maximum Gasteiger partial charge on any atom is 0.265 e. The van der Waals surface area contributed by atoms with Crippen LogP contribution in [0.1, 0.15) is 40.6 Å². The standard InChI is InChI=1S/C27H28N4O5/c1-15-3-6-22-20(11-15)29-26(36-22)16-7-9-31(10-8-16)24-19-5-4-17(34-13-18-14-35-18)12-21(19)30(2)27(33)23(24)25(28)32/h3-6,11-12,16,18H,7-10,13-14H2,1-2H3,(H2,28,32). The van der Waals surface area contributed by atoms with E-state index < -0.39 is 11.5 Å². The number of oxazole rings is 1. The lowest BCUT2D eigenvalue weighted by Crippen LogP contribution is -2.38. The molecular weight excluding hydrogens is 460 g/mol. The first-order valence-corrected chi connectivity index (χ1v) is 12.2. The Morgan fingerprint density at radius 3 is 2.69 bits per heavy atom. The van der Waals surface area contributed by atoms with E-state index in [9.17, 15) is 9.59 Å². The van der Waals surface area contributed by atoms with Gasteiger partial charge in [0.15, 0.2) is 11.5 Å². The predicted octanol–water partition coefficient (Wildman–Crippen LogP) is 3.25. The third-order valence-electron chi connectivity index (χ3n) is 7.15. The third-order valence-corrected chi connectivity index (χ3v) is 7.15. The largest absolute Gasteiger partial charge is 0.491 e. The Morgan fingerprint density at radius 2 is 1.97 bits per heavy atom. The van der Waals surface area contributed by atoms with E-state index in [0.29, 0.717) is 43.3 Å². The highest BCUT2D eigenvalue weighted by Gasteiger charge is 2.30. The van der Waals surface area contributed by atoms with Crippen LogP contribution in [0.5, 0.6) is 5.75 Å². The fourth-order valence-electron chi connectivity index (χ4n) is 5.08. The number of hydrogen-bond donors (Lipinski definition) is 1. The van der Waals surface area contributed by atoms with E-state index >= 15 is 0 Å². The first-order valence-electron chi connectivity index (χ1n) is 12.2. The molecule has 2 aromatic carbocycles. The SMILES string of the molecule is Cc1ccc2oc(C3CCN(c4c(C(N)=O)c(=O)n(C)c5cc(OCC6CO6)ccc45)CC3)nc2c1. The van der Waals surface area contributed by atoms with Crippen molar-refractivity contribution in [1.29, 1.82) is 0 Å². The van der Waals surface area contributed by atoms with Crippen molar-refractivity contribution >= 4 is 33.6 Å². The molecule has 1 amide bonds. The van der Waals surface area contributed by atoms with Crippen LogP contribution in [0.4, 0.5) is 5.69 Å². The van der Waals surface area contributed by atoms with Gasteiger partial charge in [-0.15, -0.1) is 0 Å². The lowest BCUT2D eigenvalue weighted by Gasteiger charge is -2.34. The number of primary amides is 1. The lowest BCUT2D eigenvalue weighted by atomic mass is 9.95. The van der Waals surface area contributed by atoms with Crippen molar-refractivity contribution < 1.29 is 18.7 Å². The molecule has 0 aliphatic carbocycles. The number of amides is 1. The number of epoxide rings is 1. The second-order valence-electron chi connectivity index (χ2n) is 9.68. The highest BCUT2D eigenvalue weighted by molar-refractivity contribution is 6.07. The van der Waals surface area contributed by atoms with Crippen LogP contribution in [0, 0.1) is 6.92 Å². The molecule has 4 aromatic rings. The molecule has 0 saturated carbocycles. The van der Waals surface area contributed by atoms with Crippen molar-refractivity contribution in [3.05, 3.63) is 63.8 Å². The van der Waals surface area contributed by atoms with E-state index in [1.807, 2.05) is 43.3 Å². The molecule has 0 spiro atoms. The van der Waals surface area contributed by atoms with Gasteiger partial charge in [0, 0.05) is 37.5 Å². The highest BCUT2D eigenvalue weighted by Crippen LogP contribution is 2.36. The number of nitrogens with zero attached hydrogens (tertiary/aromatic N) is 3. The Balaban J connectivity index is 1.33. The van der Waals surface area contributed by atoms with Gasteiger partial charge in [-0.1, -0.05) is 6.07 Å². The van der Waals surface area contributed by atoms with Crippen LogP contribution in [-0.4, -0.2) is 47.9 Å². The van der Waals surface area contributed by atoms with Crippen LogP contribution in [0.25, 0.3) is 22.0 Å². The van der Waals surface area contributed by atoms with Crippen LogP contribution >= 0.6 is 0 Å². The number of carbonyl (C=O) groups is 1. The zero-order valence-electron chi connectivity index (χ0n) is 20.3. The van der Waals surface area contributed by atoms with Crippen LogP contribution < -0.4 is 20.9 Å². The maximum absolute atomic E-state index is 13.2. The van der Waals surface area contributed by atoms with Gasteiger partial charge in [-0.2, -0.15) is 0 Å². The maximum atomic E-state index is 13.2. The molecule has 36 heavy (non-hydrogen) atoms. The summed E-state index contributed by atoms with van der Waals surface area (Å²) in [6, 6.07) is 11.6. The Kier molecular flexibility index (Phi) is 5.44. The van der Waals surface area contributed by atoms with Gasteiger partial charge in [0.2, 0.25) is 0 Å². The minimum atomic E-state index is -0.727. The summed E-state index contributed by atoms with van der Waals surface area (Å²) < 4.78 is 18.6. The molecule has 9 heteroatoms. The second kappa shape index (κ2) is 8.67. The normalized spacial score (nSPS) is 18.2. The number of benzene rings is 2. The van der Waals surface area contributed by atoms with Crippen LogP contribution in [-0.2, 0) is 11.8 Å². The molecule has 2 aromatic heterocycles. The number of ether oxygens (including phenoxy) is 2. The number of aromatic nitrogens is 2. The minimum Gasteiger partial charge on any atom is -0.491 e. The molecule has 2 aliphatic rings. The van der Waals surface area contributed by atoms with E-state index in [2.05, 4.69) is 4.90 Å². The summed E-state index contributed by atoms with van der Waals surface area (Å²) in [7, 11) is 1.65. The Labute approximate surface area is 207 Å². The van der Waals surface area contributed by atoms with Crippen molar-refractivity contribution in [3.8, 4) is 5.75 Å². The van der Waals surface area contributed by atoms with Gasteiger partial charge in [0.1, 0.15) is 29.5 Å². The molecule has 2 aliphatic heterocycles. The number of carbonyl (C=O) groups excluding carboxylic acids is 1. The van der Waals surface area contributed by atoms with Crippen molar-refractivity contribution in [2.75, 3.05) is 31.2 Å². The minimum absolute atomic E-state index is 0.0147. The average molecular weight is 489 g/mol. The van der Waals surface area contributed by atoms with Gasteiger partial charge in [-0.25, -0.2) is 4.98 Å². The molecule has 0 bridgehead atoms. The average Bonchev–Trinajstić information content (AvgIpc) is 3.61. The topological polar surface area (TPSA) is 116 Å². The first kappa shape index (κ1) is 22.6. The monoisotopic (exact) mass is 488 g/mol. The molecular formula is C27H28N4O5. The summed E-state index contributed by atoms with van der Waals surface area (Å²) in [5, 5.41) is 0.789. The molecule has 4 heterocycles. The molecule has 186 valence electrons. The molecule has 9 nitrogen and oxygen atoms in total. The van der Waals surface area contributed by atoms with Crippen LogP contribution in [0.3, 0.4) is 0 Å². The van der Waals surface area contributed by atoms with Gasteiger partial charge in [0.05, 0.1) is 17.8 Å². The number of piperidine rings is 1. The predicted molar refractivity (Wildman–Crippen MR) is 136 cm³/mol. The lowest BCUT2D eigenvalue weighted by molar-refractivity contribution is 0.0999. The van der Waals surface area contributed by atoms with E-state index in [1.54, 1.807) is 7.05 Å². The van der Waals surface area contributed by atoms with Gasteiger partial charge in [-0.05, 0) is 49.6 Å². The van der Waals surface area contributed by atoms with E-state index in [1.165, 1.54) is 4.57 Å². The van der Waals surface area contributed by atoms with E-state index in [-0.39, 0.29) is 17.6 Å². The van der Waals surface area contributed by atoms with Gasteiger partial charge in [-0.3, -0.25) is 9.59 Å². The zero-order valence-corrected chi connectivity index (χ0v) is 20.3. The summed E-state index contributed by atoms with van der Waals surface area (Å²) in [6.45, 7) is 4.49. The van der Waals surface area contributed by atoms with E-state index in [0.717, 1.165) is 40.8 Å². The third kappa shape index (κ3) is 3.99. The van der Waals surface area contributed by atoms with Crippen molar-refractivity contribution in [3.63, 3.8) is 0 Å². The fourth-order valence-corrected chi connectivity index (χ4v) is 5.08. The Morgan fingerprint density at radius 1 is 1.19 bits per heavy atom. The quantitative estimate of drug-likeness (QED) is 0.414. The number of fused-ring (bicyclic) bond motifs is 2. The number of nitrogens with two attached hydrogens (primary N) is 1. The van der Waals surface area contributed by atoms with Gasteiger partial charge >= 0.3 is 0 Å². The molecule has 2 N–H and O–H groups in total. The summed E-state index contributed by atoms with van der Waals surface area (Å²) in [6.07, 6.45) is 1.69. The number of hydrogen-bond acceptors (Lipinski definition) is 7. The van der Waals surface area contributed by atoms with Gasteiger partial charge in [0.25, 0.3) is 11.5 Å². The summed E-state index contributed by atoms with van der Waals surface area (Å²) in [5.74, 6) is 0.819. The molecule has 1 unspecified atom stereocenters. The summed E-state index contributed by atoms with van der Waals surface area (Å²) >= 11 is 0. The van der Waals surface area contributed by atoms with Crippen molar-refractivity contribution in [2.24, 2.45) is 12.8 Å². The fraction of sp³-hybridized carbons (Fsp3) is 0.370. The number of anilines is 1. The number of aryl methyl sites for hydroxylation is 2.